The first-order valence-corrected chi connectivity index (χ1v) is 16.7. The van der Waals surface area contributed by atoms with E-state index in [0.29, 0.717) is 4.90 Å². The van der Waals surface area contributed by atoms with Crippen LogP contribution in [0.3, 0.4) is 0 Å². The summed E-state index contributed by atoms with van der Waals surface area (Å²) in [6, 6.07) is -1.77. The number of ether oxygens (including phenoxy) is 11. The Labute approximate surface area is 317 Å². The predicted molar refractivity (Wildman–Crippen MR) is 179 cm³/mol. The molecule has 2 aliphatic heterocycles. The molecule has 11 atom stereocenters. The third kappa shape index (κ3) is 12.4. The fraction of sp³-hybridized carbons (Fsp3) is 0.686. The zero-order chi connectivity index (χ0) is 41.6. The standard InChI is InChI=1S/C35H47NO19/c1-11-13-47-16-25-28(43)31(32(48-14-12-2)33(45-9)53-25)55-35(34(44)46-10)15-24(50-21(6)40)27(36(18(3)37)19(4)38)30(54-35)29(52-23(8)42)26(51-22(7)41)17-49-20(5)39/h1-2,24-33,43H,13-17H2,3-10H3/t24-,25+,26+,27+,28-,29+,30+,31-,32+,33-,35+/m0/s1. The lowest BCUT2D eigenvalue weighted by Gasteiger charge is -2.52. The number of methoxy groups -OCH3 is 2. The molecule has 0 radical (unpaired) electrons. The van der Waals surface area contributed by atoms with Crippen molar-refractivity contribution in [2.45, 2.75) is 115 Å². The molecule has 0 aromatic heterocycles. The summed E-state index contributed by atoms with van der Waals surface area (Å²) in [5.41, 5.74) is 0. The molecule has 0 bridgehead atoms. The fourth-order valence-electron chi connectivity index (χ4n) is 6.17. The smallest absolute Gasteiger partial charge is 0.366 e. The number of aliphatic hydroxyl groups excluding tert-OH is 1. The summed E-state index contributed by atoms with van der Waals surface area (Å²) in [7, 11) is 2.17. The van der Waals surface area contributed by atoms with E-state index in [1.54, 1.807) is 0 Å². The third-order valence-corrected chi connectivity index (χ3v) is 8.07. The summed E-state index contributed by atoms with van der Waals surface area (Å²) in [6.07, 6.45) is -5.20. The highest BCUT2D eigenvalue weighted by Crippen LogP contribution is 2.42. The summed E-state index contributed by atoms with van der Waals surface area (Å²) in [5, 5.41) is 11.7. The summed E-state index contributed by atoms with van der Waals surface area (Å²) in [4.78, 5) is 90.6. The van der Waals surface area contributed by atoms with E-state index in [1.165, 1.54) is 7.11 Å². The van der Waals surface area contributed by atoms with Crippen LogP contribution in [-0.2, 0) is 85.7 Å². The predicted octanol–water partition coefficient (Wildman–Crippen LogP) is -1.45. The second-order valence-electron chi connectivity index (χ2n) is 12.2. The number of carbonyl (C=O) groups excluding carboxylic acids is 7. The van der Waals surface area contributed by atoms with Crippen molar-refractivity contribution in [1.29, 1.82) is 0 Å². The molecule has 306 valence electrons. The molecule has 2 aliphatic rings. The Morgan fingerprint density at radius 1 is 0.873 bits per heavy atom. The maximum Gasteiger partial charge on any atom is 0.366 e. The molecule has 2 saturated heterocycles. The number of hydrogen-bond donors (Lipinski definition) is 1. The number of rotatable bonds is 17. The first kappa shape index (κ1) is 46.5. The Morgan fingerprint density at radius 2 is 1.49 bits per heavy atom. The average Bonchev–Trinajstić information content (AvgIpc) is 3.09. The van der Waals surface area contributed by atoms with Crippen LogP contribution < -0.4 is 0 Å². The van der Waals surface area contributed by atoms with E-state index >= 15 is 0 Å². The van der Waals surface area contributed by atoms with Gasteiger partial charge in [-0.25, -0.2) is 4.79 Å². The van der Waals surface area contributed by atoms with E-state index < -0.39 is 128 Å². The van der Waals surface area contributed by atoms with Gasteiger partial charge in [-0.2, -0.15) is 0 Å². The van der Waals surface area contributed by atoms with Gasteiger partial charge in [0.15, 0.2) is 18.5 Å². The number of carbonyl (C=O) groups is 7. The number of hydrogen-bond acceptors (Lipinski definition) is 19. The van der Waals surface area contributed by atoms with Gasteiger partial charge >= 0.3 is 29.8 Å². The number of nitrogens with zero attached hydrogens (tertiary/aromatic N) is 1. The van der Waals surface area contributed by atoms with Gasteiger partial charge in [0.05, 0.1) is 20.1 Å². The van der Waals surface area contributed by atoms with Crippen LogP contribution in [0.1, 0.15) is 48.0 Å². The lowest BCUT2D eigenvalue weighted by molar-refractivity contribution is -0.374. The minimum atomic E-state index is -2.83. The van der Waals surface area contributed by atoms with Gasteiger partial charge in [-0.1, -0.05) is 11.8 Å². The second-order valence-corrected chi connectivity index (χ2v) is 12.2. The van der Waals surface area contributed by atoms with Crippen molar-refractivity contribution < 1.29 is 90.8 Å². The van der Waals surface area contributed by atoms with Crippen molar-refractivity contribution >= 4 is 41.7 Å². The molecule has 2 amide bonds. The Kier molecular flexibility index (Phi) is 18.1. The zero-order valence-corrected chi connectivity index (χ0v) is 31.7. The minimum absolute atomic E-state index is 0.188. The third-order valence-electron chi connectivity index (χ3n) is 8.07. The maximum absolute atomic E-state index is 14.1. The Bertz CT molecular complexity index is 1470. The lowest BCUT2D eigenvalue weighted by Crippen LogP contribution is -2.72. The summed E-state index contributed by atoms with van der Waals surface area (Å²) in [6.45, 7) is 4.21. The number of amides is 2. The number of imide groups is 1. The van der Waals surface area contributed by atoms with Gasteiger partial charge in [-0.15, -0.1) is 12.8 Å². The largest absolute Gasteiger partial charge is 0.465 e. The van der Waals surface area contributed by atoms with Crippen LogP contribution >= 0.6 is 0 Å². The van der Waals surface area contributed by atoms with E-state index in [2.05, 4.69) is 11.8 Å². The van der Waals surface area contributed by atoms with Crippen molar-refractivity contribution in [2.24, 2.45) is 0 Å². The van der Waals surface area contributed by atoms with E-state index in [9.17, 15) is 38.7 Å². The molecular weight excluding hydrogens is 738 g/mol. The number of esters is 5. The molecule has 0 unspecified atom stereocenters. The second kappa shape index (κ2) is 21.4. The normalized spacial score (nSPS) is 28.5. The van der Waals surface area contributed by atoms with Crippen LogP contribution in [0.2, 0.25) is 0 Å². The van der Waals surface area contributed by atoms with Gasteiger partial charge in [0, 0.05) is 48.7 Å². The van der Waals surface area contributed by atoms with Gasteiger partial charge in [0.25, 0.3) is 5.79 Å². The topological polar surface area (TPSA) is 244 Å². The molecule has 2 fully saturated rings. The van der Waals surface area contributed by atoms with E-state index in [1.807, 2.05) is 0 Å². The Balaban J connectivity index is 3.02. The number of terminal acetylenes is 2. The lowest BCUT2D eigenvalue weighted by atomic mass is 9.86. The first-order valence-electron chi connectivity index (χ1n) is 16.7. The molecule has 1 N–H and O–H groups in total. The molecule has 0 aromatic rings. The molecule has 20 nitrogen and oxygen atoms in total. The van der Waals surface area contributed by atoms with Crippen molar-refractivity contribution in [3.05, 3.63) is 0 Å². The first-order chi connectivity index (χ1) is 25.9. The van der Waals surface area contributed by atoms with Gasteiger partial charge < -0.3 is 57.2 Å². The van der Waals surface area contributed by atoms with Crippen molar-refractivity contribution in [2.75, 3.05) is 40.6 Å². The van der Waals surface area contributed by atoms with Gasteiger partial charge in [-0.3, -0.25) is 33.7 Å². The minimum Gasteiger partial charge on any atom is -0.465 e. The molecule has 2 heterocycles. The molecule has 0 aliphatic carbocycles. The average molecular weight is 786 g/mol. The van der Waals surface area contributed by atoms with Crippen LogP contribution in [0.15, 0.2) is 0 Å². The summed E-state index contributed by atoms with van der Waals surface area (Å²) in [5.74, 6) is -5.40. The summed E-state index contributed by atoms with van der Waals surface area (Å²) < 4.78 is 62.0. The molecule has 0 spiro atoms. The van der Waals surface area contributed by atoms with Crippen LogP contribution in [0.5, 0.6) is 0 Å². The van der Waals surface area contributed by atoms with Crippen LogP contribution in [-0.4, -0.2) is 159 Å². The monoisotopic (exact) mass is 785 g/mol. The quantitative estimate of drug-likeness (QED) is 0.0767. The highest BCUT2D eigenvalue weighted by atomic mass is 16.8. The van der Waals surface area contributed by atoms with E-state index in [0.717, 1.165) is 48.7 Å². The summed E-state index contributed by atoms with van der Waals surface area (Å²) >= 11 is 0. The highest BCUT2D eigenvalue weighted by molar-refractivity contribution is 5.93. The molecule has 2 rings (SSSR count). The van der Waals surface area contributed by atoms with Gasteiger partial charge in [-0.05, 0) is 0 Å². The van der Waals surface area contributed by atoms with Crippen LogP contribution in [0.4, 0.5) is 0 Å². The van der Waals surface area contributed by atoms with Crippen LogP contribution in [0.25, 0.3) is 0 Å². The molecule has 55 heavy (non-hydrogen) atoms. The van der Waals surface area contributed by atoms with Crippen LogP contribution in [0, 0.1) is 24.7 Å². The number of aliphatic hydroxyl groups is 1. The molecule has 20 heteroatoms. The SMILES string of the molecule is C#CCOC[C@H]1O[C@H](OC)[C@H](OCC#C)[C@@H](O[C@@]2(C(=O)OC)C[C@H](OC(C)=O)[C@@H](N(C(C)=O)C(C)=O)[C@H]([C@H](OC(C)=O)[C@@H](COC(C)=O)OC(C)=O)O2)[C@H]1O. The Hall–Kier alpha value is -4.67. The fourth-order valence-corrected chi connectivity index (χ4v) is 6.17. The molecule has 0 aromatic carbocycles. The van der Waals surface area contributed by atoms with E-state index in [4.69, 9.17) is 65.0 Å². The van der Waals surface area contributed by atoms with Crippen molar-refractivity contribution in [3.8, 4) is 24.7 Å². The van der Waals surface area contributed by atoms with E-state index in [-0.39, 0.29) is 13.2 Å². The van der Waals surface area contributed by atoms with Crippen molar-refractivity contribution in [3.63, 3.8) is 0 Å². The Morgan fingerprint density at radius 3 is 1.98 bits per heavy atom. The highest BCUT2D eigenvalue weighted by Gasteiger charge is 2.63. The van der Waals surface area contributed by atoms with Gasteiger partial charge in [0.2, 0.25) is 11.8 Å². The van der Waals surface area contributed by atoms with Gasteiger partial charge in [0.1, 0.15) is 62.5 Å². The zero-order valence-electron chi connectivity index (χ0n) is 31.7. The van der Waals surface area contributed by atoms with Crippen molar-refractivity contribution in [1.82, 2.24) is 4.90 Å². The maximum atomic E-state index is 14.1. The molecule has 0 saturated carbocycles. The molecular formula is C35H47NO19.